The van der Waals surface area contributed by atoms with Crippen LogP contribution in [0.2, 0.25) is 0 Å². The van der Waals surface area contributed by atoms with E-state index in [1.54, 1.807) is 5.57 Å². The highest BCUT2D eigenvalue weighted by molar-refractivity contribution is 5.26. The monoisotopic (exact) mass is 399 g/mol. The average molecular weight is 400 g/mol. The van der Waals surface area contributed by atoms with Gasteiger partial charge in [-0.3, -0.25) is 0 Å². The summed E-state index contributed by atoms with van der Waals surface area (Å²) in [7, 11) is 0. The summed E-state index contributed by atoms with van der Waals surface area (Å²) in [6.45, 7) is 12.5. The molecule has 3 saturated carbocycles. The Hall–Kier alpha value is -0.660. The molecule has 4 rings (SSSR count). The molecule has 0 spiro atoms. The maximum atomic E-state index is 11.1. The Morgan fingerprint density at radius 1 is 1.00 bits per heavy atom. The van der Waals surface area contributed by atoms with Crippen molar-refractivity contribution in [1.82, 2.24) is 0 Å². The fourth-order valence-corrected chi connectivity index (χ4v) is 8.82. The van der Waals surface area contributed by atoms with Crippen LogP contribution in [0.1, 0.15) is 105 Å². The van der Waals surface area contributed by atoms with Crippen molar-refractivity contribution in [3.63, 3.8) is 0 Å². The summed E-state index contributed by atoms with van der Waals surface area (Å²) in [5.41, 5.74) is 2.53. The molecule has 29 heavy (non-hydrogen) atoms. The van der Waals surface area contributed by atoms with Crippen LogP contribution >= 0.6 is 0 Å². The SMILES string of the molecule is CC(C)CCC[C@@H](C)[C@H]1CC[C@H]2[C@@H]3CCC4=CC(N=O)CC[C@]4(C)[C@H]3CC[C@]12C. The fourth-order valence-electron chi connectivity index (χ4n) is 8.82. The lowest BCUT2D eigenvalue weighted by Gasteiger charge is -2.59. The standard InChI is InChI=1S/C27H45NO/c1-18(2)7-6-8-19(3)23-11-12-24-22-10-9-20-17-21(28-29)13-15-26(20,4)25(22)14-16-27(23,24)5/h17-19,21-25H,6-16H2,1-5H3/t19-,21?,22+,23-,24+,25+,26+,27-/m1/s1. The highest BCUT2D eigenvalue weighted by Gasteiger charge is 2.59. The molecule has 164 valence electrons. The highest BCUT2D eigenvalue weighted by Crippen LogP contribution is 2.67. The van der Waals surface area contributed by atoms with Gasteiger partial charge in [-0.2, -0.15) is 4.91 Å². The van der Waals surface area contributed by atoms with E-state index in [0.29, 0.717) is 10.8 Å². The molecule has 0 heterocycles. The van der Waals surface area contributed by atoms with Crippen LogP contribution in [-0.4, -0.2) is 6.04 Å². The summed E-state index contributed by atoms with van der Waals surface area (Å²) in [5.74, 6) is 5.40. The van der Waals surface area contributed by atoms with Crippen LogP contribution in [0, 0.1) is 51.2 Å². The minimum Gasteiger partial charge on any atom is -0.150 e. The zero-order chi connectivity index (χ0) is 20.8. The Kier molecular flexibility index (Phi) is 6.04. The number of fused-ring (bicyclic) bond motifs is 5. The third-order valence-electron chi connectivity index (χ3n) is 10.4. The van der Waals surface area contributed by atoms with Gasteiger partial charge in [-0.05, 0) is 97.7 Å². The van der Waals surface area contributed by atoms with E-state index in [2.05, 4.69) is 45.9 Å². The van der Waals surface area contributed by atoms with Crippen molar-refractivity contribution >= 4 is 0 Å². The molecule has 0 saturated heterocycles. The molecule has 4 aliphatic rings. The van der Waals surface area contributed by atoms with Gasteiger partial charge in [-0.1, -0.05) is 70.7 Å². The van der Waals surface area contributed by atoms with Gasteiger partial charge in [0.1, 0.15) is 6.04 Å². The molecule has 3 fully saturated rings. The number of rotatable bonds is 6. The maximum Gasteiger partial charge on any atom is 0.110 e. The topological polar surface area (TPSA) is 29.4 Å². The number of hydrogen-bond donors (Lipinski definition) is 0. The van der Waals surface area contributed by atoms with E-state index in [-0.39, 0.29) is 6.04 Å². The number of hydrogen-bond acceptors (Lipinski definition) is 2. The van der Waals surface area contributed by atoms with Gasteiger partial charge in [0, 0.05) is 0 Å². The predicted octanol–water partition coefficient (Wildman–Crippen LogP) is 8.16. The first-order chi connectivity index (χ1) is 13.8. The molecule has 8 atom stereocenters. The molecule has 0 aromatic carbocycles. The van der Waals surface area contributed by atoms with E-state index in [4.69, 9.17) is 0 Å². The van der Waals surface area contributed by atoms with Gasteiger partial charge >= 0.3 is 0 Å². The van der Waals surface area contributed by atoms with E-state index in [1.165, 1.54) is 64.2 Å². The summed E-state index contributed by atoms with van der Waals surface area (Å²) >= 11 is 0. The second-order valence-electron chi connectivity index (χ2n) is 12.3. The van der Waals surface area contributed by atoms with E-state index >= 15 is 0 Å². The Labute approximate surface area is 179 Å². The maximum absolute atomic E-state index is 11.1. The van der Waals surface area contributed by atoms with E-state index in [9.17, 15) is 4.91 Å². The summed E-state index contributed by atoms with van der Waals surface area (Å²) in [4.78, 5) is 11.1. The Balaban J connectivity index is 1.49. The molecule has 0 N–H and O–H groups in total. The van der Waals surface area contributed by atoms with Crippen LogP contribution in [0.25, 0.3) is 0 Å². The predicted molar refractivity (Wildman–Crippen MR) is 123 cm³/mol. The normalized spacial score (nSPS) is 45.2. The van der Waals surface area contributed by atoms with Crippen molar-refractivity contribution in [1.29, 1.82) is 0 Å². The third kappa shape index (κ3) is 3.65. The van der Waals surface area contributed by atoms with Crippen molar-refractivity contribution in [3.8, 4) is 0 Å². The van der Waals surface area contributed by atoms with Gasteiger partial charge in [0.15, 0.2) is 0 Å². The number of allylic oxidation sites excluding steroid dienone is 1. The fraction of sp³-hybridized carbons (Fsp3) is 0.926. The smallest absolute Gasteiger partial charge is 0.110 e. The summed E-state index contributed by atoms with van der Waals surface area (Å²) in [5, 5.41) is 3.38. The molecule has 2 nitrogen and oxygen atoms in total. The molecule has 0 bridgehead atoms. The lowest BCUT2D eigenvalue weighted by molar-refractivity contribution is -0.0596. The first kappa shape index (κ1) is 21.6. The molecule has 4 aliphatic carbocycles. The molecular formula is C27H45NO. The quantitative estimate of drug-likeness (QED) is 0.327. The first-order valence-corrected chi connectivity index (χ1v) is 12.8. The van der Waals surface area contributed by atoms with Gasteiger partial charge < -0.3 is 0 Å². The van der Waals surface area contributed by atoms with E-state index < -0.39 is 0 Å². The lowest BCUT2D eigenvalue weighted by Crippen LogP contribution is -2.51. The van der Waals surface area contributed by atoms with Crippen LogP contribution in [0.4, 0.5) is 0 Å². The first-order valence-electron chi connectivity index (χ1n) is 12.8. The van der Waals surface area contributed by atoms with Crippen molar-refractivity contribution in [3.05, 3.63) is 16.6 Å². The molecule has 2 heteroatoms. The second-order valence-corrected chi connectivity index (χ2v) is 12.3. The summed E-state index contributed by atoms with van der Waals surface area (Å²) < 4.78 is 0. The minimum absolute atomic E-state index is 0.0500. The Morgan fingerprint density at radius 2 is 1.79 bits per heavy atom. The third-order valence-corrected chi connectivity index (χ3v) is 10.4. The zero-order valence-corrected chi connectivity index (χ0v) is 19.8. The molecular weight excluding hydrogens is 354 g/mol. The molecule has 0 radical (unpaired) electrons. The van der Waals surface area contributed by atoms with Crippen molar-refractivity contribution in [2.75, 3.05) is 0 Å². The molecule has 0 aromatic heterocycles. The lowest BCUT2D eigenvalue weighted by atomic mass is 9.46. The van der Waals surface area contributed by atoms with Crippen LogP contribution in [-0.2, 0) is 0 Å². The molecule has 0 amide bonds. The van der Waals surface area contributed by atoms with E-state index in [1.807, 2.05) is 0 Å². The van der Waals surface area contributed by atoms with Gasteiger partial charge in [-0.25, -0.2) is 0 Å². The van der Waals surface area contributed by atoms with Gasteiger partial charge in [0.2, 0.25) is 0 Å². The van der Waals surface area contributed by atoms with Crippen LogP contribution < -0.4 is 0 Å². The van der Waals surface area contributed by atoms with Crippen LogP contribution in [0.3, 0.4) is 0 Å². The van der Waals surface area contributed by atoms with Gasteiger partial charge in [-0.15, -0.1) is 0 Å². The summed E-state index contributed by atoms with van der Waals surface area (Å²) in [6.07, 6.45) is 17.1. The number of nitrogens with zero attached hydrogens (tertiary/aromatic N) is 1. The largest absolute Gasteiger partial charge is 0.150 e. The van der Waals surface area contributed by atoms with Gasteiger partial charge in [0.25, 0.3) is 0 Å². The summed E-state index contributed by atoms with van der Waals surface area (Å²) in [6, 6.07) is -0.0500. The van der Waals surface area contributed by atoms with Gasteiger partial charge in [0.05, 0.1) is 0 Å². The van der Waals surface area contributed by atoms with Crippen LogP contribution in [0.15, 0.2) is 16.8 Å². The zero-order valence-electron chi connectivity index (χ0n) is 19.8. The van der Waals surface area contributed by atoms with Crippen LogP contribution in [0.5, 0.6) is 0 Å². The highest BCUT2D eigenvalue weighted by atomic mass is 16.3. The average Bonchev–Trinajstić information content (AvgIpc) is 3.04. The second kappa shape index (κ2) is 8.12. The Bertz CT molecular complexity index is 638. The molecule has 0 aromatic rings. The molecule has 1 unspecified atom stereocenters. The molecule has 0 aliphatic heterocycles. The Morgan fingerprint density at radius 3 is 2.52 bits per heavy atom. The number of nitroso groups, excluding NO2 is 1. The van der Waals surface area contributed by atoms with Crippen molar-refractivity contribution in [2.45, 2.75) is 111 Å². The minimum atomic E-state index is -0.0500. The van der Waals surface area contributed by atoms with Crippen molar-refractivity contribution < 1.29 is 0 Å². The van der Waals surface area contributed by atoms with E-state index in [0.717, 1.165) is 41.9 Å². The van der Waals surface area contributed by atoms with Crippen molar-refractivity contribution in [2.24, 2.45) is 51.5 Å².